The van der Waals surface area contributed by atoms with Crippen LogP contribution in [0.25, 0.3) is 0 Å². The second kappa shape index (κ2) is 5.05. The zero-order chi connectivity index (χ0) is 11.5. The van der Waals surface area contributed by atoms with Crippen molar-refractivity contribution in [3.05, 3.63) is 34.1 Å². The molecule has 0 fully saturated rings. The molecule has 0 aromatic heterocycles. The number of halogens is 2. The number of rotatable bonds is 4. The molecule has 0 atom stereocenters. The van der Waals surface area contributed by atoms with Gasteiger partial charge in [-0.3, -0.25) is 0 Å². The Morgan fingerprint density at radius 3 is 2.67 bits per heavy atom. The lowest BCUT2D eigenvalue weighted by atomic mass is 10.1. The zero-order valence-electron chi connectivity index (χ0n) is 8.85. The van der Waals surface area contributed by atoms with Crippen LogP contribution >= 0.6 is 15.9 Å². The third-order valence-electron chi connectivity index (χ3n) is 1.87. The number of nitrogens with one attached hydrogen (secondary N) is 1. The lowest BCUT2D eigenvalue weighted by Crippen LogP contribution is -2.34. The van der Waals surface area contributed by atoms with E-state index in [1.165, 1.54) is 6.07 Å². The molecular weight excluding hydrogens is 261 g/mol. The van der Waals surface area contributed by atoms with Gasteiger partial charge in [0.05, 0.1) is 10.1 Å². The van der Waals surface area contributed by atoms with E-state index >= 15 is 0 Å². The van der Waals surface area contributed by atoms with E-state index < -0.39 is 5.60 Å². The Morgan fingerprint density at radius 1 is 1.47 bits per heavy atom. The molecule has 1 aromatic rings. The summed E-state index contributed by atoms with van der Waals surface area (Å²) in [6.07, 6.45) is 0. The van der Waals surface area contributed by atoms with Gasteiger partial charge >= 0.3 is 0 Å². The van der Waals surface area contributed by atoms with Crippen molar-refractivity contribution in [1.82, 2.24) is 5.32 Å². The first kappa shape index (κ1) is 12.6. The Balaban J connectivity index is 2.48. The summed E-state index contributed by atoms with van der Waals surface area (Å²) in [6.45, 7) is 4.48. The zero-order valence-corrected chi connectivity index (χ0v) is 10.4. The average Bonchev–Trinajstić information content (AvgIpc) is 2.09. The van der Waals surface area contributed by atoms with Gasteiger partial charge in [-0.1, -0.05) is 6.07 Å². The van der Waals surface area contributed by atoms with Crippen LogP contribution in [0.3, 0.4) is 0 Å². The first-order chi connectivity index (χ1) is 6.88. The molecule has 0 aliphatic rings. The molecule has 0 heterocycles. The summed E-state index contributed by atoms with van der Waals surface area (Å²) in [5.41, 5.74) is 0.119. The summed E-state index contributed by atoms with van der Waals surface area (Å²) < 4.78 is 13.6. The molecule has 84 valence electrons. The highest BCUT2D eigenvalue weighted by Gasteiger charge is 2.11. The Labute approximate surface area is 97.6 Å². The Kier molecular flexibility index (Phi) is 4.25. The van der Waals surface area contributed by atoms with E-state index in [0.717, 1.165) is 5.56 Å². The molecule has 0 aliphatic heterocycles. The van der Waals surface area contributed by atoms with E-state index in [-0.39, 0.29) is 5.82 Å². The van der Waals surface area contributed by atoms with E-state index in [2.05, 4.69) is 21.2 Å². The van der Waals surface area contributed by atoms with Gasteiger partial charge in [-0.15, -0.1) is 0 Å². The molecule has 0 aliphatic carbocycles. The summed E-state index contributed by atoms with van der Waals surface area (Å²) in [6, 6.07) is 4.99. The molecule has 15 heavy (non-hydrogen) atoms. The van der Waals surface area contributed by atoms with Gasteiger partial charge in [0, 0.05) is 13.1 Å². The molecule has 4 heteroatoms. The third-order valence-corrected chi connectivity index (χ3v) is 2.51. The predicted octanol–water partition coefficient (Wildman–Crippen LogP) is 2.45. The molecule has 0 spiro atoms. The highest BCUT2D eigenvalue weighted by Crippen LogP contribution is 2.16. The van der Waals surface area contributed by atoms with E-state index in [1.807, 2.05) is 6.07 Å². The maximum absolute atomic E-state index is 13.1. The summed E-state index contributed by atoms with van der Waals surface area (Å²) in [4.78, 5) is 0. The van der Waals surface area contributed by atoms with Gasteiger partial charge in [0.2, 0.25) is 0 Å². The molecule has 0 saturated carbocycles. The van der Waals surface area contributed by atoms with Crippen LogP contribution in [0, 0.1) is 5.82 Å². The molecule has 0 unspecified atom stereocenters. The summed E-state index contributed by atoms with van der Waals surface area (Å²) >= 11 is 3.09. The molecule has 0 amide bonds. The molecule has 1 aromatic carbocycles. The standard InChI is InChI=1S/C11H15BrFNO/c1-11(2,15)7-14-6-8-3-4-9(12)10(13)5-8/h3-5,14-15H,6-7H2,1-2H3. The summed E-state index contributed by atoms with van der Waals surface area (Å²) in [5, 5.41) is 12.5. The maximum atomic E-state index is 13.1. The van der Waals surface area contributed by atoms with Crippen molar-refractivity contribution in [3.63, 3.8) is 0 Å². The van der Waals surface area contributed by atoms with Crippen LogP contribution < -0.4 is 5.32 Å². The predicted molar refractivity (Wildman–Crippen MR) is 62.1 cm³/mol. The molecule has 0 radical (unpaired) electrons. The van der Waals surface area contributed by atoms with Crippen LogP contribution in [0.2, 0.25) is 0 Å². The minimum Gasteiger partial charge on any atom is -0.389 e. The molecule has 0 bridgehead atoms. The van der Waals surface area contributed by atoms with Crippen molar-refractivity contribution in [3.8, 4) is 0 Å². The third kappa shape index (κ3) is 4.73. The van der Waals surface area contributed by atoms with Gasteiger partial charge < -0.3 is 10.4 Å². The fourth-order valence-electron chi connectivity index (χ4n) is 1.16. The molecule has 1 rings (SSSR count). The minimum atomic E-state index is -0.742. The quantitative estimate of drug-likeness (QED) is 0.885. The highest BCUT2D eigenvalue weighted by atomic mass is 79.9. The lowest BCUT2D eigenvalue weighted by molar-refractivity contribution is 0.0795. The Bertz CT molecular complexity index is 336. The number of hydrogen-bond donors (Lipinski definition) is 2. The molecule has 2 N–H and O–H groups in total. The van der Waals surface area contributed by atoms with Crippen LogP contribution in [-0.2, 0) is 6.54 Å². The fraction of sp³-hybridized carbons (Fsp3) is 0.455. The van der Waals surface area contributed by atoms with E-state index in [4.69, 9.17) is 0 Å². The molecule has 0 saturated heterocycles. The van der Waals surface area contributed by atoms with E-state index in [1.54, 1.807) is 19.9 Å². The summed E-state index contributed by atoms with van der Waals surface area (Å²) in [5.74, 6) is -0.266. The normalized spacial score (nSPS) is 11.8. The van der Waals surface area contributed by atoms with Crippen LogP contribution in [0.15, 0.2) is 22.7 Å². The SMILES string of the molecule is CC(C)(O)CNCc1ccc(Br)c(F)c1. The van der Waals surface area contributed by atoms with Crippen molar-refractivity contribution in [2.75, 3.05) is 6.54 Å². The first-order valence-electron chi connectivity index (χ1n) is 4.75. The van der Waals surface area contributed by atoms with Crippen LogP contribution in [0.5, 0.6) is 0 Å². The first-order valence-corrected chi connectivity index (χ1v) is 5.55. The smallest absolute Gasteiger partial charge is 0.137 e. The monoisotopic (exact) mass is 275 g/mol. The highest BCUT2D eigenvalue weighted by molar-refractivity contribution is 9.10. The van der Waals surface area contributed by atoms with Gasteiger partial charge in [-0.2, -0.15) is 0 Å². The van der Waals surface area contributed by atoms with Crippen molar-refractivity contribution < 1.29 is 9.50 Å². The number of benzene rings is 1. The fourth-order valence-corrected chi connectivity index (χ4v) is 1.41. The minimum absolute atomic E-state index is 0.266. The average molecular weight is 276 g/mol. The van der Waals surface area contributed by atoms with Crippen LogP contribution in [0.4, 0.5) is 4.39 Å². The van der Waals surface area contributed by atoms with Crippen LogP contribution in [0.1, 0.15) is 19.4 Å². The van der Waals surface area contributed by atoms with Crippen molar-refractivity contribution >= 4 is 15.9 Å². The second-order valence-electron chi connectivity index (χ2n) is 4.16. The largest absolute Gasteiger partial charge is 0.389 e. The van der Waals surface area contributed by atoms with Gasteiger partial charge in [0.15, 0.2) is 0 Å². The number of aliphatic hydroxyl groups is 1. The Morgan fingerprint density at radius 2 is 2.13 bits per heavy atom. The second-order valence-corrected chi connectivity index (χ2v) is 5.02. The van der Waals surface area contributed by atoms with Crippen molar-refractivity contribution in [1.29, 1.82) is 0 Å². The van der Waals surface area contributed by atoms with Gasteiger partial charge in [0.1, 0.15) is 5.82 Å². The topological polar surface area (TPSA) is 32.3 Å². The van der Waals surface area contributed by atoms with Crippen molar-refractivity contribution in [2.45, 2.75) is 26.0 Å². The Hall–Kier alpha value is -0.450. The summed E-state index contributed by atoms with van der Waals surface area (Å²) in [7, 11) is 0. The van der Waals surface area contributed by atoms with Crippen LogP contribution in [-0.4, -0.2) is 17.3 Å². The van der Waals surface area contributed by atoms with E-state index in [9.17, 15) is 9.50 Å². The molecule has 2 nitrogen and oxygen atoms in total. The van der Waals surface area contributed by atoms with Crippen molar-refractivity contribution in [2.24, 2.45) is 0 Å². The van der Waals surface area contributed by atoms with Gasteiger partial charge in [0.25, 0.3) is 0 Å². The molecular formula is C11H15BrFNO. The van der Waals surface area contributed by atoms with E-state index in [0.29, 0.717) is 17.6 Å². The lowest BCUT2D eigenvalue weighted by Gasteiger charge is -2.17. The van der Waals surface area contributed by atoms with Gasteiger partial charge in [-0.05, 0) is 47.5 Å². The number of hydrogen-bond acceptors (Lipinski definition) is 2. The maximum Gasteiger partial charge on any atom is 0.137 e. The van der Waals surface area contributed by atoms with Gasteiger partial charge in [-0.25, -0.2) is 4.39 Å².